The molecule has 1 fully saturated rings. The number of piperidine rings is 1. The van der Waals surface area contributed by atoms with Gasteiger partial charge in [-0.25, -0.2) is 0 Å². The third-order valence-corrected chi connectivity index (χ3v) is 3.54. The minimum Gasteiger partial charge on any atom is -0.299 e. The Bertz CT molecular complexity index is 302. The van der Waals surface area contributed by atoms with Crippen molar-refractivity contribution in [2.75, 3.05) is 13.6 Å². The monoisotopic (exact) mass is 203 g/mol. The number of rotatable bonds is 2. The summed E-state index contributed by atoms with van der Waals surface area (Å²) in [6.07, 6.45) is 5.20. The van der Waals surface area contributed by atoms with E-state index in [-0.39, 0.29) is 0 Å². The highest BCUT2D eigenvalue weighted by Crippen LogP contribution is 2.29. The van der Waals surface area contributed by atoms with Crippen LogP contribution in [0, 0.1) is 0 Å². The summed E-state index contributed by atoms with van der Waals surface area (Å²) in [5, 5.41) is 0. The molecular weight excluding hydrogens is 182 g/mol. The van der Waals surface area contributed by atoms with Crippen LogP contribution in [0.2, 0.25) is 0 Å². The average Bonchev–Trinajstić information content (AvgIpc) is 2.30. The minimum atomic E-state index is 0.657. The molecule has 1 aromatic rings. The van der Waals surface area contributed by atoms with E-state index < -0.39 is 0 Å². The molecule has 0 aromatic heterocycles. The van der Waals surface area contributed by atoms with Crippen LogP contribution in [0.4, 0.5) is 0 Å². The second-order valence-electron chi connectivity index (χ2n) is 4.59. The Hall–Kier alpha value is -0.820. The van der Waals surface area contributed by atoms with Crippen LogP contribution in [0.1, 0.15) is 43.4 Å². The lowest BCUT2D eigenvalue weighted by Crippen LogP contribution is -2.29. The Morgan fingerprint density at radius 3 is 2.53 bits per heavy atom. The van der Waals surface area contributed by atoms with Gasteiger partial charge in [-0.05, 0) is 44.0 Å². The number of hydrogen-bond acceptors (Lipinski definition) is 1. The van der Waals surface area contributed by atoms with Crippen LogP contribution in [-0.4, -0.2) is 18.5 Å². The average molecular weight is 203 g/mol. The molecule has 1 aromatic carbocycles. The summed E-state index contributed by atoms with van der Waals surface area (Å²) >= 11 is 0. The highest BCUT2D eigenvalue weighted by atomic mass is 15.1. The summed E-state index contributed by atoms with van der Waals surface area (Å²) in [4.78, 5) is 2.49. The van der Waals surface area contributed by atoms with Gasteiger partial charge in [0.2, 0.25) is 0 Å². The summed E-state index contributed by atoms with van der Waals surface area (Å²) in [5.41, 5.74) is 2.94. The van der Waals surface area contributed by atoms with Crippen LogP contribution in [0.25, 0.3) is 0 Å². The first-order valence-corrected chi connectivity index (χ1v) is 6.10. The summed E-state index contributed by atoms with van der Waals surface area (Å²) in [6.45, 7) is 3.46. The minimum absolute atomic E-state index is 0.657. The first-order chi connectivity index (χ1) is 7.31. The fourth-order valence-corrected chi connectivity index (χ4v) is 2.47. The molecule has 0 radical (unpaired) electrons. The maximum Gasteiger partial charge on any atom is 0.0345 e. The van der Waals surface area contributed by atoms with E-state index >= 15 is 0 Å². The zero-order valence-electron chi connectivity index (χ0n) is 9.87. The largest absolute Gasteiger partial charge is 0.299 e. The molecule has 1 heteroatoms. The Morgan fingerprint density at radius 2 is 1.93 bits per heavy atom. The topological polar surface area (TPSA) is 3.24 Å². The molecule has 1 saturated heterocycles. The molecule has 0 saturated carbocycles. The molecule has 15 heavy (non-hydrogen) atoms. The van der Waals surface area contributed by atoms with Crippen molar-refractivity contribution in [3.63, 3.8) is 0 Å². The number of hydrogen-bond donors (Lipinski definition) is 0. The molecule has 1 atom stereocenters. The molecule has 1 unspecified atom stereocenters. The van der Waals surface area contributed by atoms with Gasteiger partial charge in [0.15, 0.2) is 0 Å². The zero-order valence-corrected chi connectivity index (χ0v) is 9.87. The van der Waals surface area contributed by atoms with Crippen LogP contribution in [0.3, 0.4) is 0 Å². The van der Waals surface area contributed by atoms with Gasteiger partial charge in [-0.1, -0.05) is 37.6 Å². The van der Waals surface area contributed by atoms with Crippen LogP contribution < -0.4 is 0 Å². The molecule has 0 spiro atoms. The predicted molar refractivity (Wildman–Crippen MR) is 65.0 cm³/mol. The maximum atomic E-state index is 2.49. The van der Waals surface area contributed by atoms with Gasteiger partial charge in [-0.3, -0.25) is 4.90 Å². The second kappa shape index (κ2) is 4.80. The Balaban J connectivity index is 2.13. The molecule has 1 nitrogen and oxygen atoms in total. The molecule has 82 valence electrons. The standard InChI is InChI=1S/C14H21N/c1-3-12-7-9-13(10-8-12)14-6-4-5-11-15(14)2/h7-10,14H,3-6,11H2,1-2H3. The lowest BCUT2D eigenvalue weighted by atomic mass is 9.95. The second-order valence-corrected chi connectivity index (χ2v) is 4.59. The van der Waals surface area contributed by atoms with Gasteiger partial charge in [-0.15, -0.1) is 0 Å². The van der Waals surface area contributed by atoms with E-state index in [1.807, 2.05) is 0 Å². The molecule has 0 bridgehead atoms. The van der Waals surface area contributed by atoms with Crippen molar-refractivity contribution in [2.45, 2.75) is 38.6 Å². The highest BCUT2D eigenvalue weighted by molar-refractivity contribution is 5.25. The van der Waals surface area contributed by atoms with E-state index in [4.69, 9.17) is 0 Å². The van der Waals surface area contributed by atoms with Crippen molar-refractivity contribution in [3.05, 3.63) is 35.4 Å². The first-order valence-electron chi connectivity index (χ1n) is 6.10. The summed E-state index contributed by atoms with van der Waals surface area (Å²) in [7, 11) is 2.25. The van der Waals surface area contributed by atoms with E-state index in [1.165, 1.54) is 36.9 Å². The van der Waals surface area contributed by atoms with Crippen molar-refractivity contribution in [1.29, 1.82) is 0 Å². The quantitative estimate of drug-likeness (QED) is 0.712. The van der Waals surface area contributed by atoms with Crippen molar-refractivity contribution in [3.8, 4) is 0 Å². The first kappa shape index (κ1) is 10.7. The van der Waals surface area contributed by atoms with Gasteiger partial charge in [0.05, 0.1) is 0 Å². The molecule has 0 N–H and O–H groups in total. The fraction of sp³-hybridized carbons (Fsp3) is 0.571. The van der Waals surface area contributed by atoms with Crippen molar-refractivity contribution < 1.29 is 0 Å². The Morgan fingerprint density at radius 1 is 1.20 bits per heavy atom. The summed E-state index contributed by atoms with van der Waals surface area (Å²) in [6, 6.07) is 9.83. The fourth-order valence-electron chi connectivity index (χ4n) is 2.47. The smallest absolute Gasteiger partial charge is 0.0345 e. The lowest BCUT2D eigenvalue weighted by Gasteiger charge is -2.32. The molecule has 1 aliphatic rings. The normalized spacial score (nSPS) is 22.9. The van der Waals surface area contributed by atoms with Crippen LogP contribution in [0.15, 0.2) is 24.3 Å². The number of benzene rings is 1. The van der Waals surface area contributed by atoms with E-state index in [0.29, 0.717) is 6.04 Å². The van der Waals surface area contributed by atoms with Gasteiger partial charge in [0.1, 0.15) is 0 Å². The van der Waals surface area contributed by atoms with Gasteiger partial charge < -0.3 is 0 Å². The molecule has 1 aliphatic heterocycles. The van der Waals surface area contributed by atoms with Crippen LogP contribution >= 0.6 is 0 Å². The Kier molecular flexibility index (Phi) is 3.42. The molecule has 1 heterocycles. The zero-order chi connectivity index (χ0) is 10.7. The van der Waals surface area contributed by atoms with Crippen molar-refractivity contribution >= 4 is 0 Å². The summed E-state index contributed by atoms with van der Waals surface area (Å²) in [5.74, 6) is 0. The SMILES string of the molecule is CCc1ccc(C2CCCCN2C)cc1. The third kappa shape index (κ3) is 2.40. The van der Waals surface area contributed by atoms with Gasteiger partial charge in [0, 0.05) is 6.04 Å². The maximum absolute atomic E-state index is 2.49. The van der Waals surface area contributed by atoms with Crippen molar-refractivity contribution in [1.82, 2.24) is 4.90 Å². The number of aryl methyl sites for hydroxylation is 1. The lowest BCUT2D eigenvalue weighted by molar-refractivity contribution is 0.187. The summed E-state index contributed by atoms with van der Waals surface area (Å²) < 4.78 is 0. The van der Waals surface area contributed by atoms with Crippen molar-refractivity contribution in [2.24, 2.45) is 0 Å². The van der Waals surface area contributed by atoms with E-state index in [9.17, 15) is 0 Å². The van der Waals surface area contributed by atoms with Gasteiger partial charge >= 0.3 is 0 Å². The Labute approximate surface area is 93.1 Å². The van der Waals surface area contributed by atoms with Gasteiger partial charge in [-0.2, -0.15) is 0 Å². The highest BCUT2D eigenvalue weighted by Gasteiger charge is 2.19. The molecular formula is C14H21N. The van der Waals surface area contributed by atoms with Crippen LogP contribution in [0.5, 0.6) is 0 Å². The van der Waals surface area contributed by atoms with E-state index in [1.54, 1.807) is 0 Å². The van der Waals surface area contributed by atoms with E-state index in [0.717, 1.165) is 6.42 Å². The number of nitrogens with zero attached hydrogens (tertiary/aromatic N) is 1. The predicted octanol–water partition coefficient (Wildman–Crippen LogP) is 3.41. The van der Waals surface area contributed by atoms with Crippen LogP contribution in [-0.2, 0) is 6.42 Å². The molecule has 0 amide bonds. The molecule has 0 aliphatic carbocycles. The molecule has 2 rings (SSSR count). The van der Waals surface area contributed by atoms with E-state index in [2.05, 4.69) is 43.1 Å². The number of likely N-dealkylation sites (tertiary alicyclic amines) is 1. The van der Waals surface area contributed by atoms with Gasteiger partial charge in [0.25, 0.3) is 0 Å². The third-order valence-electron chi connectivity index (χ3n) is 3.54.